The van der Waals surface area contributed by atoms with Crippen LogP contribution in [0.2, 0.25) is 0 Å². The smallest absolute Gasteiger partial charge is 0.348 e. The number of nitrogens with one attached hydrogen (secondary N) is 1. The molecule has 5 heteroatoms. The molecule has 0 amide bonds. The summed E-state index contributed by atoms with van der Waals surface area (Å²) in [7, 11) is 0. The summed E-state index contributed by atoms with van der Waals surface area (Å²) in [4.78, 5) is 13.8. The summed E-state index contributed by atoms with van der Waals surface area (Å²) in [5.41, 5.74) is -1.85. The highest BCUT2D eigenvalue weighted by Gasteiger charge is 2.45. The number of hydrogen-bond donors (Lipinski definition) is 1. The van der Waals surface area contributed by atoms with Crippen molar-refractivity contribution < 1.29 is 23.9 Å². The Hall–Kier alpha value is -1.88. The van der Waals surface area contributed by atoms with E-state index in [-0.39, 0.29) is 23.5 Å². The first-order chi connectivity index (χ1) is 15.4. The molecule has 0 unspecified atom stereocenters. The van der Waals surface area contributed by atoms with E-state index in [9.17, 15) is 4.79 Å². The lowest BCUT2D eigenvalue weighted by Crippen LogP contribution is -2.45. The largest absolute Gasteiger partial charge is 0.460 e. The molecule has 0 bridgehead atoms. The predicted molar refractivity (Wildman–Crippen MR) is 109 cm³/mol. The van der Waals surface area contributed by atoms with Gasteiger partial charge in [-0.1, -0.05) is 67.5 Å². The molecule has 0 saturated carbocycles. The Morgan fingerprint density at radius 1 is 1.11 bits per heavy atom. The second-order valence-electron chi connectivity index (χ2n) is 6.10. The molecule has 27 heavy (non-hydrogen) atoms. The van der Waals surface area contributed by atoms with Gasteiger partial charge >= 0.3 is 5.97 Å². The highest BCUT2D eigenvalue weighted by Crippen LogP contribution is 2.36. The topological polar surface area (TPSA) is 47.6 Å². The molecule has 2 aromatic rings. The number of rotatable bonds is 7. The molecule has 1 N–H and O–H groups in total. The fourth-order valence-electron chi connectivity index (χ4n) is 3.16. The molecule has 0 aromatic heterocycles. The average molecular weight is 397 g/mol. The highest BCUT2D eigenvalue weighted by molar-refractivity contribution is 5.86. The van der Waals surface area contributed by atoms with Crippen LogP contribution in [0, 0.1) is 0 Å². The van der Waals surface area contributed by atoms with E-state index in [1.807, 2.05) is 0 Å². The third-order valence-electron chi connectivity index (χ3n) is 4.46. The Morgan fingerprint density at radius 3 is 2.19 bits per heavy atom. The third kappa shape index (κ3) is 4.89. The Bertz CT molecular complexity index is 897. The summed E-state index contributed by atoms with van der Waals surface area (Å²) in [6, 6.07) is 16.1. The Balaban J connectivity index is 0.00000408. The quantitative estimate of drug-likeness (QED) is 0.716. The molecule has 0 spiro atoms. The van der Waals surface area contributed by atoms with Gasteiger partial charge < -0.3 is 14.8 Å². The van der Waals surface area contributed by atoms with Crippen LogP contribution in [-0.4, -0.2) is 31.7 Å². The second kappa shape index (κ2) is 10.5. The molecule has 1 aliphatic rings. The zero-order valence-corrected chi connectivity index (χ0v) is 15.6. The molecule has 1 aliphatic heterocycles. The van der Waals surface area contributed by atoms with Gasteiger partial charge in [-0.25, -0.2) is 4.79 Å². The van der Waals surface area contributed by atoms with Crippen LogP contribution >= 0.6 is 12.4 Å². The molecular weight excluding hydrogens is 362 g/mol. The van der Waals surface area contributed by atoms with E-state index >= 15 is 0 Å². The Labute approximate surface area is 177 Å². The Morgan fingerprint density at radius 2 is 1.67 bits per heavy atom. The van der Waals surface area contributed by atoms with Gasteiger partial charge in [0.05, 0.1) is 2.74 Å². The second-order valence-corrected chi connectivity index (χ2v) is 6.10. The van der Waals surface area contributed by atoms with E-state index in [0.717, 1.165) is 0 Å². The fourth-order valence-corrected chi connectivity index (χ4v) is 3.16. The number of esters is 1. The van der Waals surface area contributed by atoms with Crippen molar-refractivity contribution in [1.29, 1.82) is 0 Å². The molecule has 4 nitrogen and oxygen atoms in total. The number of halogens is 1. The van der Waals surface area contributed by atoms with Crippen LogP contribution in [0.25, 0.3) is 0 Å². The maximum Gasteiger partial charge on any atom is 0.348 e. The van der Waals surface area contributed by atoms with E-state index in [2.05, 4.69) is 5.32 Å². The minimum atomic E-state index is -3.43. The summed E-state index contributed by atoms with van der Waals surface area (Å²) in [5, 5.41) is 3.17. The summed E-state index contributed by atoms with van der Waals surface area (Å²) in [6.07, 6.45) is -2.77. The van der Waals surface area contributed by atoms with E-state index in [1.54, 1.807) is 36.4 Å². The number of hydrogen-bond acceptors (Lipinski definition) is 4. The minimum Gasteiger partial charge on any atom is -0.460 e. The van der Waals surface area contributed by atoms with E-state index in [4.69, 9.17) is 19.1 Å². The molecule has 1 fully saturated rings. The molecule has 3 rings (SSSR count). The molecule has 1 saturated heterocycles. The van der Waals surface area contributed by atoms with Gasteiger partial charge in [-0.2, -0.15) is 0 Å². The first-order valence-electron chi connectivity index (χ1n) is 12.1. The van der Waals surface area contributed by atoms with Crippen molar-refractivity contribution in [3.8, 4) is 0 Å². The van der Waals surface area contributed by atoms with E-state index in [0.29, 0.717) is 25.9 Å². The molecule has 146 valence electrons. The lowest BCUT2D eigenvalue weighted by molar-refractivity contribution is -0.175. The monoisotopic (exact) mass is 396 g/mol. The summed E-state index contributed by atoms with van der Waals surface area (Å²) >= 11 is 0. The third-order valence-corrected chi connectivity index (χ3v) is 4.46. The summed E-state index contributed by atoms with van der Waals surface area (Å²) in [5.74, 6) is -0.933. The maximum absolute atomic E-state index is 13.8. The van der Waals surface area contributed by atoms with Gasteiger partial charge in [0.1, 0.15) is 6.10 Å². The summed E-state index contributed by atoms with van der Waals surface area (Å²) < 4.78 is 66.8. The van der Waals surface area contributed by atoms with Gasteiger partial charge in [-0.3, -0.25) is 0 Å². The average Bonchev–Trinajstić information content (AvgIpc) is 2.78. The van der Waals surface area contributed by atoms with Crippen molar-refractivity contribution >= 4 is 18.4 Å². The first kappa shape index (κ1) is 13.3. The zero-order chi connectivity index (χ0) is 24.3. The van der Waals surface area contributed by atoms with Gasteiger partial charge in [0.25, 0.3) is 0 Å². The van der Waals surface area contributed by atoms with Crippen LogP contribution < -0.4 is 5.32 Å². The molecule has 2 aromatic carbocycles. The number of benzene rings is 2. The van der Waals surface area contributed by atoms with Crippen LogP contribution in [0.4, 0.5) is 0 Å². The van der Waals surface area contributed by atoms with Gasteiger partial charge in [0.2, 0.25) is 5.60 Å². The molecule has 0 atom stereocenters. The van der Waals surface area contributed by atoms with Crippen molar-refractivity contribution in [2.24, 2.45) is 0 Å². The van der Waals surface area contributed by atoms with Crippen LogP contribution in [0.15, 0.2) is 60.7 Å². The normalized spacial score (nSPS) is 20.4. The SMILES string of the molecule is Cl.[2H]C([2H])([2H])C([2H])([2H])C([2H])([2H])OC(C(=O)OC1CCNCC1)(c1ccccc1)c1ccccc1. The fraction of sp³-hybridized carbons (Fsp3) is 0.409. The number of piperidine rings is 1. The van der Waals surface area contributed by atoms with Crippen LogP contribution in [0.5, 0.6) is 0 Å². The van der Waals surface area contributed by atoms with Crippen LogP contribution in [-0.2, 0) is 19.9 Å². The number of carbonyl (C=O) groups is 1. The maximum atomic E-state index is 13.8. The van der Waals surface area contributed by atoms with Crippen molar-refractivity contribution in [2.45, 2.75) is 37.8 Å². The van der Waals surface area contributed by atoms with E-state index < -0.39 is 37.5 Å². The lowest BCUT2D eigenvalue weighted by Gasteiger charge is -2.35. The minimum absolute atomic E-state index is 0. The molecule has 0 radical (unpaired) electrons. The molecular formula is C22H28ClNO3. The van der Waals surface area contributed by atoms with Gasteiger partial charge in [0, 0.05) is 13.4 Å². The van der Waals surface area contributed by atoms with Gasteiger partial charge in [-0.15, -0.1) is 12.4 Å². The first-order valence-corrected chi connectivity index (χ1v) is 8.65. The highest BCUT2D eigenvalue weighted by atomic mass is 35.5. The van der Waals surface area contributed by atoms with Crippen molar-refractivity contribution in [3.63, 3.8) is 0 Å². The Kier molecular flexibility index (Phi) is 5.16. The van der Waals surface area contributed by atoms with Crippen molar-refractivity contribution in [2.75, 3.05) is 19.6 Å². The molecule has 0 aliphatic carbocycles. The lowest BCUT2D eigenvalue weighted by atomic mass is 9.85. The molecule has 1 heterocycles. The zero-order valence-electron chi connectivity index (χ0n) is 21.8. The van der Waals surface area contributed by atoms with Crippen molar-refractivity contribution in [1.82, 2.24) is 5.32 Å². The number of ether oxygens (including phenoxy) is 2. The summed E-state index contributed by atoms with van der Waals surface area (Å²) in [6.45, 7) is -5.46. The number of carbonyl (C=O) groups excluding carboxylic acids is 1. The standard InChI is InChI=1S/C22H27NO3.ClH/c1-2-17-25-22(18-9-5-3-6-10-18,19-11-7-4-8-12-19)21(24)26-20-13-15-23-16-14-20;/h3-12,20,23H,2,13-17H2,1H3;1H/i1D3,2D2,17D2;. The van der Waals surface area contributed by atoms with Crippen LogP contribution in [0.1, 0.15) is 46.8 Å². The van der Waals surface area contributed by atoms with Gasteiger partial charge in [-0.05, 0) is 43.4 Å². The van der Waals surface area contributed by atoms with Crippen LogP contribution in [0.3, 0.4) is 0 Å². The predicted octanol–water partition coefficient (Wildman–Crippen LogP) is 4.07. The van der Waals surface area contributed by atoms with Gasteiger partial charge in [0.15, 0.2) is 0 Å². The van der Waals surface area contributed by atoms with Crippen molar-refractivity contribution in [3.05, 3.63) is 71.8 Å². The van der Waals surface area contributed by atoms with E-state index in [1.165, 1.54) is 24.3 Å².